The summed E-state index contributed by atoms with van der Waals surface area (Å²) in [5.74, 6) is 0.0350. The molecule has 6 nitrogen and oxygen atoms in total. The van der Waals surface area contributed by atoms with E-state index in [0.29, 0.717) is 12.1 Å². The zero-order valence-corrected chi connectivity index (χ0v) is 13.6. The van der Waals surface area contributed by atoms with Gasteiger partial charge in [0, 0.05) is 43.9 Å². The second kappa shape index (κ2) is 6.38. The Morgan fingerprint density at radius 1 is 1.32 bits per heavy atom. The summed E-state index contributed by atoms with van der Waals surface area (Å²) in [6.07, 6.45) is 2.80. The van der Waals surface area contributed by atoms with E-state index >= 15 is 0 Å². The molecule has 1 unspecified atom stereocenters. The molecule has 1 amide bonds. The van der Waals surface area contributed by atoms with Gasteiger partial charge in [0.05, 0.1) is 6.10 Å². The van der Waals surface area contributed by atoms with Crippen LogP contribution in [0, 0.1) is 0 Å². The largest absolute Gasteiger partial charge is 0.393 e. The summed E-state index contributed by atoms with van der Waals surface area (Å²) in [5.41, 5.74) is 2.69. The summed E-state index contributed by atoms with van der Waals surface area (Å²) in [5, 5.41) is 14.5. The Labute approximate surface area is 131 Å². The Hall–Kier alpha value is -1.40. The molecule has 0 saturated carbocycles. The predicted molar refractivity (Wildman–Crippen MR) is 84.0 cm³/mol. The molecule has 0 aromatic carbocycles. The fraction of sp³-hybridized carbons (Fsp3) is 0.750. The van der Waals surface area contributed by atoms with Crippen molar-refractivity contribution in [2.24, 2.45) is 0 Å². The van der Waals surface area contributed by atoms with Gasteiger partial charge >= 0.3 is 0 Å². The summed E-state index contributed by atoms with van der Waals surface area (Å²) in [7, 11) is 2.10. The lowest BCUT2D eigenvalue weighted by Gasteiger charge is -2.22. The van der Waals surface area contributed by atoms with E-state index in [1.54, 1.807) is 0 Å². The van der Waals surface area contributed by atoms with Crippen LogP contribution in [0.2, 0.25) is 0 Å². The zero-order chi connectivity index (χ0) is 15.7. The summed E-state index contributed by atoms with van der Waals surface area (Å²) in [6.45, 7) is 6.31. The molecule has 1 aromatic rings. The third kappa shape index (κ3) is 2.90. The highest BCUT2D eigenvalue weighted by atomic mass is 16.3. The van der Waals surface area contributed by atoms with Crippen molar-refractivity contribution >= 4 is 5.91 Å². The molecule has 1 aliphatic heterocycles. The van der Waals surface area contributed by atoms with Crippen LogP contribution in [0.15, 0.2) is 0 Å². The van der Waals surface area contributed by atoms with Gasteiger partial charge in [-0.1, -0.05) is 0 Å². The summed E-state index contributed by atoms with van der Waals surface area (Å²) in [4.78, 5) is 17.1. The number of hydrogen-bond acceptors (Lipinski definition) is 4. The van der Waals surface area contributed by atoms with E-state index in [9.17, 15) is 9.90 Å². The van der Waals surface area contributed by atoms with Gasteiger partial charge in [-0.2, -0.15) is 5.10 Å². The maximum atomic E-state index is 12.9. The minimum absolute atomic E-state index is 0.0350. The predicted octanol–water partition coefficient (Wildman–Crippen LogP) is 0.530. The first-order valence-electron chi connectivity index (χ1n) is 8.34. The molecule has 1 aromatic heterocycles. The number of amides is 1. The Balaban J connectivity index is 1.87. The first-order chi connectivity index (χ1) is 10.6. The molecule has 0 bridgehead atoms. The van der Waals surface area contributed by atoms with Crippen molar-refractivity contribution < 1.29 is 9.90 Å². The number of likely N-dealkylation sites (N-methyl/N-ethyl adjacent to an activating group) is 1. The fourth-order valence-electron chi connectivity index (χ4n) is 3.50. The SMILES string of the molecule is CCn1nc(C(=O)N2CCCN(C)CC2)c2c1CCC(O)C2. The molecule has 2 heterocycles. The van der Waals surface area contributed by atoms with Crippen molar-refractivity contribution in [3.05, 3.63) is 17.0 Å². The molecule has 3 rings (SSSR count). The molecule has 1 atom stereocenters. The van der Waals surface area contributed by atoms with Gasteiger partial charge in [-0.3, -0.25) is 9.48 Å². The molecule has 6 heteroatoms. The van der Waals surface area contributed by atoms with Crippen LogP contribution in [-0.4, -0.2) is 69.9 Å². The highest BCUT2D eigenvalue weighted by molar-refractivity contribution is 5.94. The fourth-order valence-corrected chi connectivity index (χ4v) is 3.50. The third-order valence-electron chi connectivity index (χ3n) is 4.83. The van der Waals surface area contributed by atoms with Crippen molar-refractivity contribution in [1.29, 1.82) is 0 Å². The van der Waals surface area contributed by atoms with Gasteiger partial charge in [-0.15, -0.1) is 0 Å². The number of aliphatic hydroxyl groups excluding tert-OH is 1. The number of aryl methyl sites for hydroxylation is 1. The maximum Gasteiger partial charge on any atom is 0.274 e. The summed E-state index contributed by atoms with van der Waals surface area (Å²) in [6, 6.07) is 0. The molecular weight excluding hydrogens is 280 g/mol. The van der Waals surface area contributed by atoms with E-state index in [1.165, 1.54) is 0 Å². The Kier molecular flexibility index (Phi) is 4.49. The smallest absolute Gasteiger partial charge is 0.274 e. The first-order valence-corrected chi connectivity index (χ1v) is 8.34. The zero-order valence-electron chi connectivity index (χ0n) is 13.6. The monoisotopic (exact) mass is 306 g/mol. The molecule has 1 aliphatic carbocycles. The van der Waals surface area contributed by atoms with Crippen LogP contribution in [0.3, 0.4) is 0 Å². The van der Waals surface area contributed by atoms with Gasteiger partial charge in [0.25, 0.3) is 5.91 Å². The average molecular weight is 306 g/mol. The molecule has 2 aliphatic rings. The maximum absolute atomic E-state index is 12.9. The topological polar surface area (TPSA) is 61.6 Å². The van der Waals surface area contributed by atoms with Gasteiger partial charge in [-0.25, -0.2) is 0 Å². The first kappa shape index (κ1) is 15.5. The molecule has 1 N–H and O–H groups in total. The Bertz CT molecular complexity index is 555. The van der Waals surface area contributed by atoms with Crippen LogP contribution >= 0.6 is 0 Å². The highest BCUT2D eigenvalue weighted by Gasteiger charge is 2.30. The van der Waals surface area contributed by atoms with Gasteiger partial charge < -0.3 is 14.9 Å². The molecule has 122 valence electrons. The number of hydrogen-bond donors (Lipinski definition) is 1. The normalized spacial score (nSPS) is 23.2. The van der Waals surface area contributed by atoms with Gasteiger partial charge in [0.1, 0.15) is 0 Å². The Morgan fingerprint density at radius 2 is 2.14 bits per heavy atom. The summed E-state index contributed by atoms with van der Waals surface area (Å²) >= 11 is 0. The van der Waals surface area contributed by atoms with Crippen LogP contribution in [0.1, 0.15) is 41.5 Å². The van der Waals surface area contributed by atoms with Gasteiger partial charge in [0.2, 0.25) is 0 Å². The van der Waals surface area contributed by atoms with E-state index in [2.05, 4.69) is 17.0 Å². The Morgan fingerprint density at radius 3 is 2.91 bits per heavy atom. The van der Waals surface area contributed by atoms with Crippen molar-refractivity contribution in [2.75, 3.05) is 33.2 Å². The number of rotatable bonds is 2. The molecule has 22 heavy (non-hydrogen) atoms. The van der Waals surface area contributed by atoms with Crippen molar-refractivity contribution in [3.63, 3.8) is 0 Å². The second-order valence-electron chi connectivity index (χ2n) is 6.44. The number of carbonyl (C=O) groups excluding carboxylic acids is 1. The number of fused-ring (bicyclic) bond motifs is 1. The van der Waals surface area contributed by atoms with Crippen LogP contribution in [0.25, 0.3) is 0 Å². The van der Waals surface area contributed by atoms with Crippen LogP contribution < -0.4 is 0 Å². The third-order valence-corrected chi connectivity index (χ3v) is 4.83. The highest BCUT2D eigenvalue weighted by Crippen LogP contribution is 2.26. The molecule has 1 fully saturated rings. The number of carbonyl (C=O) groups is 1. The van der Waals surface area contributed by atoms with E-state index in [-0.39, 0.29) is 12.0 Å². The van der Waals surface area contributed by atoms with Crippen molar-refractivity contribution in [2.45, 2.75) is 45.3 Å². The molecule has 1 saturated heterocycles. The lowest BCUT2D eigenvalue weighted by Crippen LogP contribution is -2.35. The quantitative estimate of drug-likeness (QED) is 0.866. The van der Waals surface area contributed by atoms with E-state index in [4.69, 9.17) is 0 Å². The summed E-state index contributed by atoms with van der Waals surface area (Å²) < 4.78 is 1.94. The second-order valence-corrected chi connectivity index (χ2v) is 6.44. The standard InChI is InChI=1S/C16H26N4O2/c1-3-20-14-6-5-12(21)11-13(14)15(17-20)16(22)19-8-4-7-18(2)9-10-19/h12,21H,3-11H2,1-2H3. The van der Waals surface area contributed by atoms with Crippen molar-refractivity contribution in [3.8, 4) is 0 Å². The van der Waals surface area contributed by atoms with E-state index in [0.717, 1.165) is 63.2 Å². The molecule has 0 radical (unpaired) electrons. The van der Waals surface area contributed by atoms with E-state index in [1.807, 2.05) is 16.5 Å². The van der Waals surface area contributed by atoms with Crippen LogP contribution in [-0.2, 0) is 19.4 Å². The lowest BCUT2D eigenvalue weighted by molar-refractivity contribution is 0.0753. The molecule has 0 spiro atoms. The number of aliphatic hydroxyl groups is 1. The molecular formula is C16H26N4O2. The van der Waals surface area contributed by atoms with Gasteiger partial charge in [0.15, 0.2) is 5.69 Å². The average Bonchev–Trinajstić information content (AvgIpc) is 2.72. The minimum atomic E-state index is -0.344. The number of nitrogens with zero attached hydrogens (tertiary/aromatic N) is 4. The van der Waals surface area contributed by atoms with Gasteiger partial charge in [-0.05, 0) is 39.8 Å². The van der Waals surface area contributed by atoms with Crippen molar-refractivity contribution in [1.82, 2.24) is 19.6 Å². The lowest BCUT2D eigenvalue weighted by atomic mass is 9.93. The van der Waals surface area contributed by atoms with Crippen LogP contribution in [0.5, 0.6) is 0 Å². The van der Waals surface area contributed by atoms with Crippen LogP contribution in [0.4, 0.5) is 0 Å². The minimum Gasteiger partial charge on any atom is -0.393 e. The van der Waals surface area contributed by atoms with E-state index < -0.39 is 0 Å². The number of aromatic nitrogens is 2.